The predicted molar refractivity (Wildman–Crippen MR) is 62.5 cm³/mol. The Morgan fingerprint density at radius 1 is 1.53 bits per heavy atom. The Morgan fingerprint density at radius 2 is 2.24 bits per heavy atom. The summed E-state index contributed by atoms with van der Waals surface area (Å²) in [4.78, 5) is 9.94. The zero-order chi connectivity index (χ0) is 12.8. The summed E-state index contributed by atoms with van der Waals surface area (Å²) in [6.07, 6.45) is 2.94. The average molecular weight is 306 g/mol. The van der Waals surface area contributed by atoms with Crippen molar-refractivity contribution in [3.8, 4) is 5.75 Å². The molecule has 0 amide bonds. The van der Waals surface area contributed by atoms with Gasteiger partial charge in [-0.2, -0.15) is 0 Å². The molecule has 0 bridgehead atoms. The van der Waals surface area contributed by atoms with Crippen LogP contribution in [0.1, 0.15) is 0 Å². The minimum Gasteiger partial charge on any atom is -0.483 e. The number of rotatable bonds is 5. The molecule has 0 saturated carbocycles. The van der Waals surface area contributed by atoms with Crippen LogP contribution in [0.5, 0.6) is 5.75 Å². The number of ether oxygens (including phenoxy) is 1. The summed E-state index contributed by atoms with van der Waals surface area (Å²) in [6.45, 7) is -0.0853. The highest BCUT2D eigenvalue weighted by molar-refractivity contribution is 9.10. The quantitative estimate of drug-likeness (QED) is 0.515. The van der Waals surface area contributed by atoms with Crippen molar-refractivity contribution in [2.24, 2.45) is 0 Å². The minimum atomic E-state index is -0.727. The maximum absolute atomic E-state index is 13.1. The van der Waals surface area contributed by atoms with Gasteiger partial charge in [-0.3, -0.25) is 10.1 Å². The topological polar surface area (TPSA) is 72.6 Å². The zero-order valence-corrected chi connectivity index (χ0v) is 10.2. The fourth-order valence-corrected chi connectivity index (χ4v) is 1.38. The lowest BCUT2D eigenvalue weighted by Gasteiger charge is -2.05. The average Bonchev–Trinajstić information content (AvgIpc) is 2.28. The molecule has 0 aromatic heterocycles. The summed E-state index contributed by atoms with van der Waals surface area (Å²) in [5.41, 5.74) is -0.442. The van der Waals surface area contributed by atoms with Crippen molar-refractivity contribution in [1.29, 1.82) is 0 Å². The zero-order valence-electron chi connectivity index (χ0n) is 8.60. The molecule has 1 aromatic rings. The standard InChI is InChI=1S/C10H9BrFNO4/c11-7-5-10(17-4-2-1-3-14)9(13(15)16)6-8(7)12/h1-2,5-6,14H,3-4H2/b2-1-. The molecule has 0 saturated heterocycles. The van der Waals surface area contributed by atoms with Crippen LogP contribution in [0.25, 0.3) is 0 Å². The maximum Gasteiger partial charge on any atom is 0.313 e. The molecule has 0 heterocycles. The Kier molecular flexibility index (Phi) is 5.05. The first-order valence-corrected chi connectivity index (χ1v) is 5.37. The lowest BCUT2D eigenvalue weighted by molar-refractivity contribution is -0.386. The molecular formula is C10H9BrFNO4. The molecule has 1 rings (SSSR count). The van der Waals surface area contributed by atoms with Crippen LogP contribution in [0.4, 0.5) is 10.1 Å². The largest absolute Gasteiger partial charge is 0.483 e. The Bertz CT molecular complexity index is 450. The lowest BCUT2D eigenvalue weighted by atomic mass is 10.3. The molecule has 17 heavy (non-hydrogen) atoms. The van der Waals surface area contributed by atoms with Gasteiger partial charge in [-0.1, -0.05) is 6.08 Å². The molecule has 0 aliphatic carbocycles. The van der Waals surface area contributed by atoms with Crippen molar-refractivity contribution in [2.45, 2.75) is 0 Å². The van der Waals surface area contributed by atoms with E-state index in [1.54, 1.807) is 0 Å². The molecule has 5 nitrogen and oxygen atoms in total. The molecule has 1 N–H and O–H groups in total. The summed E-state index contributed by atoms with van der Waals surface area (Å²) in [5, 5.41) is 19.1. The van der Waals surface area contributed by atoms with Crippen LogP contribution in [0.3, 0.4) is 0 Å². The van der Waals surface area contributed by atoms with E-state index in [-0.39, 0.29) is 23.4 Å². The van der Waals surface area contributed by atoms with Gasteiger partial charge in [-0.15, -0.1) is 0 Å². The second-order valence-corrected chi connectivity index (χ2v) is 3.81. The number of nitro groups is 1. The van der Waals surface area contributed by atoms with Crippen LogP contribution in [0, 0.1) is 15.9 Å². The maximum atomic E-state index is 13.1. The highest BCUT2D eigenvalue weighted by Gasteiger charge is 2.18. The van der Waals surface area contributed by atoms with Crippen molar-refractivity contribution in [1.82, 2.24) is 0 Å². The van der Waals surface area contributed by atoms with E-state index in [0.29, 0.717) is 0 Å². The number of benzene rings is 1. The van der Waals surface area contributed by atoms with Gasteiger partial charge in [0.25, 0.3) is 0 Å². The van der Waals surface area contributed by atoms with Gasteiger partial charge in [0.2, 0.25) is 0 Å². The minimum absolute atomic E-state index is 0.0362. The van der Waals surface area contributed by atoms with E-state index in [0.717, 1.165) is 6.07 Å². The molecule has 7 heteroatoms. The molecular weight excluding hydrogens is 297 g/mol. The first-order chi connectivity index (χ1) is 8.06. The number of hydrogen-bond acceptors (Lipinski definition) is 4. The molecule has 0 aliphatic heterocycles. The Labute approximate surface area is 105 Å². The van der Waals surface area contributed by atoms with Crippen LogP contribution in [-0.4, -0.2) is 23.2 Å². The van der Waals surface area contributed by atoms with E-state index < -0.39 is 16.4 Å². The number of nitro benzene ring substituents is 1. The summed E-state index contributed by atoms with van der Waals surface area (Å²) in [5.74, 6) is -0.763. The van der Waals surface area contributed by atoms with E-state index in [9.17, 15) is 14.5 Å². The van der Waals surface area contributed by atoms with Crippen molar-refractivity contribution in [3.05, 3.63) is 44.7 Å². The van der Waals surface area contributed by atoms with E-state index in [4.69, 9.17) is 9.84 Å². The van der Waals surface area contributed by atoms with Crippen LogP contribution in [-0.2, 0) is 0 Å². The Morgan fingerprint density at radius 3 is 2.82 bits per heavy atom. The molecule has 0 radical (unpaired) electrons. The van der Waals surface area contributed by atoms with E-state index in [1.165, 1.54) is 18.2 Å². The van der Waals surface area contributed by atoms with Gasteiger partial charge in [0.15, 0.2) is 5.75 Å². The smallest absolute Gasteiger partial charge is 0.313 e. The molecule has 92 valence electrons. The molecule has 0 atom stereocenters. The predicted octanol–water partition coefficient (Wildman–Crippen LogP) is 2.42. The van der Waals surface area contributed by atoms with Crippen molar-refractivity contribution in [2.75, 3.05) is 13.2 Å². The van der Waals surface area contributed by atoms with Crippen LogP contribution >= 0.6 is 15.9 Å². The normalized spacial score (nSPS) is 10.8. The second-order valence-electron chi connectivity index (χ2n) is 2.96. The number of aliphatic hydroxyl groups excluding tert-OH is 1. The van der Waals surface area contributed by atoms with E-state index >= 15 is 0 Å². The summed E-state index contributed by atoms with van der Waals surface area (Å²) < 4.78 is 18.3. The first-order valence-electron chi connectivity index (χ1n) is 4.58. The third-order valence-electron chi connectivity index (χ3n) is 1.81. The summed E-state index contributed by atoms with van der Waals surface area (Å²) >= 11 is 2.92. The van der Waals surface area contributed by atoms with Crippen molar-refractivity contribution >= 4 is 21.6 Å². The molecule has 1 aromatic carbocycles. The summed E-state index contributed by atoms with van der Waals surface area (Å²) in [6, 6.07) is 1.98. The second kappa shape index (κ2) is 6.31. The van der Waals surface area contributed by atoms with Gasteiger partial charge in [0.1, 0.15) is 12.4 Å². The number of nitrogens with zero attached hydrogens (tertiary/aromatic N) is 1. The van der Waals surface area contributed by atoms with Gasteiger partial charge in [-0.25, -0.2) is 4.39 Å². The highest BCUT2D eigenvalue weighted by atomic mass is 79.9. The van der Waals surface area contributed by atoms with E-state index in [1.807, 2.05) is 0 Å². The van der Waals surface area contributed by atoms with Crippen molar-refractivity contribution in [3.63, 3.8) is 0 Å². The highest BCUT2D eigenvalue weighted by Crippen LogP contribution is 2.32. The molecule has 0 fully saturated rings. The van der Waals surface area contributed by atoms with E-state index in [2.05, 4.69) is 15.9 Å². The van der Waals surface area contributed by atoms with Crippen LogP contribution in [0.15, 0.2) is 28.8 Å². The SMILES string of the molecule is O=[N+]([O-])c1cc(F)c(Br)cc1OC/C=C\CO. The van der Waals surface area contributed by atoms with Crippen LogP contribution in [0.2, 0.25) is 0 Å². The van der Waals surface area contributed by atoms with Gasteiger partial charge < -0.3 is 9.84 Å². The van der Waals surface area contributed by atoms with Crippen molar-refractivity contribution < 1.29 is 19.2 Å². The monoisotopic (exact) mass is 305 g/mol. The third kappa shape index (κ3) is 3.79. The van der Waals surface area contributed by atoms with Crippen LogP contribution < -0.4 is 4.74 Å². The first kappa shape index (κ1) is 13.6. The molecule has 0 aliphatic rings. The Balaban J connectivity index is 2.92. The third-order valence-corrected chi connectivity index (χ3v) is 2.41. The number of aliphatic hydroxyl groups is 1. The summed E-state index contributed by atoms with van der Waals surface area (Å²) in [7, 11) is 0. The fraction of sp³-hybridized carbons (Fsp3) is 0.200. The van der Waals surface area contributed by atoms with Gasteiger partial charge in [0, 0.05) is 6.07 Å². The van der Waals surface area contributed by atoms with Gasteiger partial charge >= 0.3 is 5.69 Å². The Hall–Kier alpha value is -1.47. The lowest BCUT2D eigenvalue weighted by Crippen LogP contribution is -1.99. The molecule has 0 unspecified atom stereocenters. The molecule has 0 spiro atoms. The van der Waals surface area contributed by atoms with Gasteiger partial charge in [0.05, 0.1) is 22.1 Å². The fourth-order valence-electron chi connectivity index (χ4n) is 1.06. The number of hydrogen-bond donors (Lipinski definition) is 1. The van der Waals surface area contributed by atoms with Gasteiger partial charge in [-0.05, 0) is 22.0 Å². The number of halogens is 2.